The second-order valence-electron chi connectivity index (χ2n) is 6.07. The van der Waals surface area contributed by atoms with Crippen molar-refractivity contribution in [2.45, 2.75) is 4.90 Å². The third-order valence-corrected chi connectivity index (χ3v) is 5.99. The van der Waals surface area contributed by atoms with Crippen LogP contribution in [0.3, 0.4) is 0 Å². The summed E-state index contributed by atoms with van der Waals surface area (Å²) in [6.45, 7) is 1.03. The summed E-state index contributed by atoms with van der Waals surface area (Å²) in [4.78, 5) is 12.1. The third kappa shape index (κ3) is 4.83. The second kappa shape index (κ2) is 8.63. The molecule has 3 rings (SSSR count). The maximum Gasteiger partial charge on any atom is 0.243 e. The van der Waals surface area contributed by atoms with E-state index >= 15 is 0 Å². The molecular formula is C18H19F2N3O4S. The van der Waals surface area contributed by atoms with Crippen molar-refractivity contribution >= 4 is 27.3 Å². The van der Waals surface area contributed by atoms with Crippen molar-refractivity contribution in [1.29, 1.82) is 0 Å². The SMILES string of the molecule is O=C(CNc1cccc(S(=O)(=O)N2CCOCC2)c1)Nc1ccc(F)cc1F. The number of nitrogens with one attached hydrogen (secondary N) is 2. The highest BCUT2D eigenvalue weighted by Gasteiger charge is 2.26. The van der Waals surface area contributed by atoms with Gasteiger partial charge < -0.3 is 15.4 Å². The fourth-order valence-corrected chi connectivity index (χ4v) is 4.12. The van der Waals surface area contributed by atoms with Gasteiger partial charge in [0.05, 0.1) is 30.3 Å². The summed E-state index contributed by atoms with van der Waals surface area (Å²) in [5.41, 5.74) is 0.279. The van der Waals surface area contributed by atoms with Gasteiger partial charge in [-0.2, -0.15) is 4.31 Å². The molecule has 0 bridgehead atoms. The maximum atomic E-state index is 13.6. The molecule has 2 aromatic rings. The minimum absolute atomic E-state index is 0.101. The Labute approximate surface area is 161 Å². The summed E-state index contributed by atoms with van der Waals surface area (Å²) in [6, 6.07) is 8.91. The average molecular weight is 411 g/mol. The molecule has 1 fully saturated rings. The molecule has 0 aromatic heterocycles. The topological polar surface area (TPSA) is 87.7 Å². The first kappa shape index (κ1) is 20.2. The lowest BCUT2D eigenvalue weighted by atomic mass is 10.3. The molecule has 28 heavy (non-hydrogen) atoms. The van der Waals surface area contributed by atoms with E-state index in [0.29, 0.717) is 25.0 Å². The van der Waals surface area contributed by atoms with Crippen LogP contribution in [0.1, 0.15) is 0 Å². The lowest BCUT2D eigenvalue weighted by molar-refractivity contribution is -0.114. The molecule has 150 valence electrons. The van der Waals surface area contributed by atoms with Gasteiger partial charge in [0.2, 0.25) is 15.9 Å². The van der Waals surface area contributed by atoms with Crippen LogP contribution >= 0.6 is 0 Å². The van der Waals surface area contributed by atoms with Gasteiger partial charge in [-0.25, -0.2) is 17.2 Å². The van der Waals surface area contributed by atoms with Crippen molar-refractivity contribution in [3.63, 3.8) is 0 Å². The Hall–Kier alpha value is -2.56. The summed E-state index contributed by atoms with van der Waals surface area (Å²) < 4.78 is 58.3. The average Bonchev–Trinajstić information content (AvgIpc) is 2.69. The zero-order valence-electron chi connectivity index (χ0n) is 14.8. The predicted octanol–water partition coefficient (Wildman–Crippen LogP) is 2.04. The zero-order valence-corrected chi connectivity index (χ0v) is 15.6. The van der Waals surface area contributed by atoms with E-state index in [-0.39, 0.29) is 30.2 Å². The monoisotopic (exact) mass is 411 g/mol. The van der Waals surface area contributed by atoms with E-state index in [9.17, 15) is 22.0 Å². The van der Waals surface area contributed by atoms with Gasteiger partial charge in [-0.1, -0.05) is 6.07 Å². The molecule has 0 saturated carbocycles. The summed E-state index contributed by atoms with van der Waals surface area (Å²) in [5, 5.41) is 5.12. The van der Waals surface area contributed by atoms with Crippen LogP contribution < -0.4 is 10.6 Å². The van der Waals surface area contributed by atoms with Crippen molar-refractivity contribution in [3.05, 3.63) is 54.1 Å². The van der Waals surface area contributed by atoms with E-state index in [0.717, 1.165) is 12.1 Å². The Kier molecular flexibility index (Phi) is 6.22. The molecular weight excluding hydrogens is 392 g/mol. The summed E-state index contributed by atoms with van der Waals surface area (Å²) in [7, 11) is -3.65. The molecule has 1 saturated heterocycles. The number of sulfonamides is 1. The number of rotatable bonds is 6. The maximum absolute atomic E-state index is 13.6. The normalized spacial score (nSPS) is 15.2. The Balaban J connectivity index is 1.63. The van der Waals surface area contributed by atoms with Crippen LogP contribution in [0, 0.1) is 11.6 Å². The fourth-order valence-electron chi connectivity index (χ4n) is 2.67. The molecule has 0 unspecified atom stereocenters. The molecule has 1 aliphatic rings. The first-order valence-corrected chi connectivity index (χ1v) is 9.97. The van der Waals surface area contributed by atoms with Crippen LogP contribution in [0.4, 0.5) is 20.2 Å². The molecule has 2 aromatic carbocycles. The van der Waals surface area contributed by atoms with E-state index < -0.39 is 27.6 Å². The number of morpholine rings is 1. The fraction of sp³-hybridized carbons (Fsp3) is 0.278. The van der Waals surface area contributed by atoms with E-state index in [1.807, 2.05) is 0 Å². The molecule has 1 heterocycles. The molecule has 0 spiro atoms. The lowest BCUT2D eigenvalue weighted by Crippen LogP contribution is -2.40. The molecule has 0 radical (unpaired) electrons. The Morgan fingerprint density at radius 2 is 1.86 bits per heavy atom. The lowest BCUT2D eigenvalue weighted by Gasteiger charge is -2.26. The minimum atomic E-state index is -3.65. The number of ether oxygens (including phenoxy) is 1. The number of hydrogen-bond acceptors (Lipinski definition) is 5. The van der Waals surface area contributed by atoms with Crippen LogP contribution in [-0.4, -0.2) is 51.5 Å². The van der Waals surface area contributed by atoms with Gasteiger partial charge in [-0.3, -0.25) is 4.79 Å². The quantitative estimate of drug-likeness (QED) is 0.760. The molecule has 0 atom stereocenters. The number of anilines is 2. The van der Waals surface area contributed by atoms with Crippen molar-refractivity contribution in [2.75, 3.05) is 43.5 Å². The van der Waals surface area contributed by atoms with Crippen LogP contribution in [-0.2, 0) is 19.6 Å². The van der Waals surface area contributed by atoms with Gasteiger partial charge in [-0.05, 0) is 30.3 Å². The second-order valence-corrected chi connectivity index (χ2v) is 8.01. The highest BCUT2D eigenvalue weighted by molar-refractivity contribution is 7.89. The van der Waals surface area contributed by atoms with Gasteiger partial charge >= 0.3 is 0 Å². The number of benzene rings is 2. The van der Waals surface area contributed by atoms with E-state index in [2.05, 4.69) is 10.6 Å². The van der Waals surface area contributed by atoms with Gasteiger partial charge in [0.25, 0.3) is 0 Å². The standard InChI is InChI=1S/C18H19F2N3O4S/c19-13-4-5-17(16(20)10-13)22-18(24)12-21-14-2-1-3-15(11-14)28(25,26)23-6-8-27-9-7-23/h1-5,10-11,21H,6-9,12H2,(H,22,24). The predicted molar refractivity (Wildman–Crippen MR) is 99.5 cm³/mol. The molecule has 7 nitrogen and oxygen atoms in total. The van der Waals surface area contributed by atoms with Crippen LogP contribution in [0.2, 0.25) is 0 Å². The molecule has 1 aliphatic heterocycles. The summed E-state index contributed by atoms with van der Waals surface area (Å²) in [5.74, 6) is -2.19. The van der Waals surface area contributed by atoms with Crippen molar-refractivity contribution < 1.29 is 26.7 Å². The molecule has 0 aliphatic carbocycles. The van der Waals surface area contributed by atoms with E-state index in [1.165, 1.54) is 16.4 Å². The van der Waals surface area contributed by atoms with Crippen molar-refractivity contribution in [2.24, 2.45) is 0 Å². The zero-order chi connectivity index (χ0) is 20.1. The number of nitrogens with zero attached hydrogens (tertiary/aromatic N) is 1. The Morgan fingerprint density at radius 3 is 2.57 bits per heavy atom. The highest BCUT2D eigenvalue weighted by Crippen LogP contribution is 2.20. The minimum Gasteiger partial charge on any atom is -0.379 e. The summed E-state index contributed by atoms with van der Waals surface area (Å²) in [6.07, 6.45) is 0. The number of hydrogen-bond donors (Lipinski definition) is 2. The first-order valence-electron chi connectivity index (χ1n) is 8.53. The number of carbonyl (C=O) groups excluding carboxylic acids is 1. The van der Waals surface area contributed by atoms with Gasteiger partial charge in [0, 0.05) is 24.8 Å². The van der Waals surface area contributed by atoms with E-state index in [1.54, 1.807) is 12.1 Å². The first-order chi connectivity index (χ1) is 13.4. The number of halogens is 2. The summed E-state index contributed by atoms with van der Waals surface area (Å²) >= 11 is 0. The Bertz CT molecular complexity index is 963. The Morgan fingerprint density at radius 1 is 1.11 bits per heavy atom. The van der Waals surface area contributed by atoms with Crippen LogP contribution in [0.25, 0.3) is 0 Å². The number of amides is 1. The van der Waals surface area contributed by atoms with Crippen LogP contribution in [0.15, 0.2) is 47.4 Å². The molecule has 2 N–H and O–H groups in total. The van der Waals surface area contributed by atoms with Crippen molar-refractivity contribution in [1.82, 2.24) is 4.31 Å². The van der Waals surface area contributed by atoms with Crippen LogP contribution in [0.5, 0.6) is 0 Å². The third-order valence-electron chi connectivity index (χ3n) is 4.10. The smallest absolute Gasteiger partial charge is 0.243 e. The molecule has 10 heteroatoms. The molecule has 1 amide bonds. The van der Waals surface area contributed by atoms with Crippen molar-refractivity contribution in [3.8, 4) is 0 Å². The van der Waals surface area contributed by atoms with E-state index in [4.69, 9.17) is 4.74 Å². The number of carbonyl (C=O) groups is 1. The highest BCUT2D eigenvalue weighted by atomic mass is 32.2. The van der Waals surface area contributed by atoms with Gasteiger partial charge in [0.15, 0.2) is 0 Å². The van der Waals surface area contributed by atoms with Gasteiger partial charge in [0.1, 0.15) is 11.6 Å². The largest absolute Gasteiger partial charge is 0.379 e. The van der Waals surface area contributed by atoms with Gasteiger partial charge in [-0.15, -0.1) is 0 Å².